The zero-order valence-corrected chi connectivity index (χ0v) is 9.17. The fourth-order valence-corrected chi connectivity index (χ4v) is 1.43. The number of rotatable bonds is 5. The third kappa shape index (κ3) is 2.47. The number of aryl methyl sites for hydroxylation is 1. The van der Waals surface area contributed by atoms with Crippen molar-refractivity contribution < 1.29 is 9.21 Å². The predicted molar refractivity (Wildman–Crippen MR) is 56.5 cm³/mol. The minimum absolute atomic E-state index is 0.213. The number of Topliss-reactive ketones (excluding diaryl/α,β-unsaturated/α-hetero) is 1. The smallest absolute Gasteiger partial charge is 0.166 e. The van der Waals surface area contributed by atoms with Gasteiger partial charge in [0.05, 0.1) is 11.8 Å². The molecule has 1 rings (SSSR count). The summed E-state index contributed by atoms with van der Waals surface area (Å²) in [7, 11) is 0. The average molecular weight is 194 g/mol. The number of carbonyl (C=O) groups excluding carboxylic acids is 1. The van der Waals surface area contributed by atoms with Crippen molar-refractivity contribution in [1.82, 2.24) is 0 Å². The molecule has 1 heterocycles. The van der Waals surface area contributed by atoms with Crippen LogP contribution in [-0.4, -0.2) is 5.78 Å². The van der Waals surface area contributed by atoms with Crippen molar-refractivity contribution in [2.24, 2.45) is 5.92 Å². The molecule has 0 bridgehead atoms. The van der Waals surface area contributed by atoms with Crippen LogP contribution >= 0.6 is 0 Å². The number of furan rings is 1. The fourth-order valence-electron chi connectivity index (χ4n) is 1.43. The number of ketones is 1. The quantitative estimate of drug-likeness (QED) is 0.672. The maximum atomic E-state index is 11.8. The first kappa shape index (κ1) is 11.0. The molecular weight excluding hydrogens is 176 g/mol. The molecule has 1 unspecified atom stereocenters. The summed E-state index contributed by atoms with van der Waals surface area (Å²) < 4.78 is 5.23. The lowest BCUT2D eigenvalue weighted by Crippen LogP contribution is -2.06. The van der Waals surface area contributed by atoms with Gasteiger partial charge in [-0.3, -0.25) is 4.79 Å². The highest BCUT2D eigenvalue weighted by molar-refractivity contribution is 5.97. The van der Waals surface area contributed by atoms with Gasteiger partial charge in [-0.25, -0.2) is 0 Å². The summed E-state index contributed by atoms with van der Waals surface area (Å²) in [5, 5.41) is 0. The summed E-state index contributed by atoms with van der Waals surface area (Å²) in [5.41, 5.74) is 0.771. The minimum atomic E-state index is 0.213. The van der Waals surface area contributed by atoms with Crippen LogP contribution in [0.5, 0.6) is 0 Å². The van der Waals surface area contributed by atoms with E-state index in [1.54, 1.807) is 12.3 Å². The maximum absolute atomic E-state index is 11.8. The second-order valence-corrected chi connectivity index (χ2v) is 3.75. The fraction of sp³-hybridized carbons (Fsp3) is 0.583. The molecule has 0 aliphatic heterocycles. The Morgan fingerprint density at radius 2 is 2.21 bits per heavy atom. The molecule has 0 fully saturated rings. The highest BCUT2D eigenvalue weighted by atomic mass is 16.3. The molecule has 0 saturated heterocycles. The van der Waals surface area contributed by atoms with E-state index >= 15 is 0 Å². The van der Waals surface area contributed by atoms with Crippen LogP contribution in [0.4, 0.5) is 0 Å². The van der Waals surface area contributed by atoms with E-state index in [2.05, 4.69) is 13.8 Å². The second kappa shape index (κ2) is 4.99. The van der Waals surface area contributed by atoms with Crippen LogP contribution in [0.25, 0.3) is 0 Å². The van der Waals surface area contributed by atoms with Crippen molar-refractivity contribution in [2.45, 2.75) is 40.0 Å². The molecule has 0 aliphatic carbocycles. The van der Waals surface area contributed by atoms with Crippen LogP contribution in [0.2, 0.25) is 0 Å². The van der Waals surface area contributed by atoms with Crippen LogP contribution in [0.15, 0.2) is 16.7 Å². The lowest BCUT2D eigenvalue weighted by Gasteiger charge is -2.06. The van der Waals surface area contributed by atoms with Gasteiger partial charge in [-0.2, -0.15) is 0 Å². The first-order valence-corrected chi connectivity index (χ1v) is 5.28. The zero-order valence-electron chi connectivity index (χ0n) is 9.17. The van der Waals surface area contributed by atoms with Crippen LogP contribution in [-0.2, 0) is 6.42 Å². The molecule has 1 aromatic heterocycles. The number of hydrogen-bond donors (Lipinski definition) is 0. The van der Waals surface area contributed by atoms with Crippen molar-refractivity contribution >= 4 is 5.78 Å². The van der Waals surface area contributed by atoms with E-state index in [1.165, 1.54) is 0 Å². The van der Waals surface area contributed by atoms with Crippen LogP contribution in [0.3, 0.4) is 0 Å². The highest BCUT2D eigenvalue weighted by Crippen LogP contribution is 2.17. The first-order valence-electron chi connectivity index (χ1n) is 5.28. The number of carbonyl (C=O) groups is 1. The third-order valence-electron chi connectivity index (χ3n) is 2.60. The lowest BCUT2D eigenvalue weighted by atomic mass is 9.98. The predicted octanol–water partition coefficient (Wildman–Crippen LogP) is 3.46. The Labute approximate surface area is 85.3 Å². The van der Waals surface area contributed by atoms with Crippen molar-refractivity contribution in [3.8, 4) is 0 Å². The Hall–Kier alpha value is -1.05. The van der Waals surface area contributed by atoms with Gasteiger partial charge in [0, 0.05) is 12.8 Å². The number of hydrogen-bond acceptors (Lipinski definition) is 2. The maximum Gasteiger partial charge on any atom is 0.166 e. The van der Waals surface area contributed by atoms with Gasteiger partial charge < -0.3 is 4.42 Å². The summed E-state index contributed by atoms with van der Waals surface area (Å²) in [4.78, 5) is 11.8. The average Bonchev–Trinajstić information content (AvgIpc) is 2.65. The summed E-state index contributed by atoms with van der Waals surface area (Å²) in [6, 6.07) is 1.78. The Balaban J connectivity index is 2.69. The molecule has 0 aromatic carbocycles. The Morgan fingerprint density at radius 3 is 2.79 bits per heavy atom. The molecular formula is C12H18O2. The van der Waals surface area contributed by atoms with Gasteiger partial charge in [0.2, 0.25) is 0 Å². The first-order chi connectivity index (χ1) is 6.69. The largest absolute Gasteiger partial charge is 0.469 e. The van der Waals surface area contributed by atoms with E-state index < -0.39 is 0 Å². The van der Waals surface area contributed by atoms with Crippen molar-refractivity contribution in [2.75, 3.05) is 0 Å². The molecule has 0 amide bonds. The molecule has 0 saturated carbocycles. The summed E-state index contributed by atoms with van der Waals surface area (Å²) in [6.45, 7) is 6.20. The normalized spacial score (nSPS) is 12.8. The van der Waals surface area contributed by atoms with Gasteiger partial charge in [-0.1, -0.05) is 27.2 Å². The molecule has 0 spiro atoms. The minimum Gasteiger partial charge on any atom is -0.469 e. The van der Waals surface area contributed by atoms with E-state index in [4.69, 9.17) is 4.42 Å². The second-order valence-electron chi connectivity index (χ2n) is 3.75. The lowest BCUT2D eigenvalue weighted by molar-refractivity contribution is 0.0962. The third-order valence-corrected chi connectivity index (χ3v) is 2.60. The molecule has 2 heteroatoms. The van der Waals surface area contributed by atoms with Crippen LogP contribution in [0.1, 0.15) is 49.7 Å². The monoisotopic (exact) mass is 194 g/mol. The van der Waals surface area contributed by atoms with Gasteiger partial charge in [0.1, 0.15) is 5.76 Å². The molecule has 0 N–H and O–H groups in total. The molecule has 0 radical (unpaired) electrons. The van der Waals surface area contributed by atoms with Gasteiger partial charge in [0.25, 0.3) is 0 Å². The molecule has 78 valence electrons. The Bertz CT molecular complexity index is 299. The summed E-state index contributed by atoms with van der Waals surface area (Å²) >= 11 is 0. The van der Waals surface area contributed by atoms with E-state index in [-0.39, 0.29) is 5.78 Å². The molecule has 2 nitrogen and oxygen atoms in total. The molecule has 14 heavy (non-hydrogen) atoms. The van der Waals surface area contributed by atoms with E-state index in [0.29, 0.717) is 12.3 Å². The SMILES string of the molecule is CCc1occc1C(=O)CC(C)CC. The summed E-state index contributed by atoms with van der Waals surface area (Å²) in [5.74, 6) is 1.49. The van der Waals surface area contributed by atoms with E-state index in [0.717, 1.165) is 24.2 Å². The Morgan fingerprint density at radius 1 is 1.50 bits per heavy atom. The van der Waals surface area contributed by atoms with Gasteiger partial charge >= 0.3 is 0 Å². The molecule has 0 aliphatic rings. The zero-order chi connectivity index (χ0) is 10.6. The Kier molecular flexibility index (Phi) is 3.93. The van der Waals surface area contributed by atoms with Crippen molar-refractivity contribution in [3.63, 3.8) is 0 Å². The van der Waals surface area contributed by atoms with E-state index in [9.17, 15) is 4.79 Å². The molecule has 1 aromatic rings. The van der Waals surface area contributed by atoms with Gasteiger partial charge in [-0.15, -0.1) is 0 Å². The molecule has 1 atom stereocenters. The van der Waals surface area contributed by atoms with Crippen molar-refractivity contribution in [1.29, 1.82) is 0 Å². The van der Waals surface area contributed by atoms with Gasteiger partial charge in [0.15, 0.2) is 5.78 Å². The van der Waals surface area contributed by atoms with Gasteiger partial charge in [-0.05, 0) is 12.0 Å². The van der Waals surface area contributed by atoms with Crippen LogP contribution in [0, 0.1) is 5.92 Å². The van der Waals surface area contributed by atoms with Crippen LogP contribution < -0.4 is 0 Å². The summed E-state index contributed by atoms with van der Waals surface area (Å²) in [6.07, 6.45) is 4.06. The topological polar surface area (TPSA) is 30.2 Å². The highest BCUT2D eigenvalue weighted by Gasteiger charge is 2.15. The standard InChI is InChI=1S/C12H18O2/c1-4-9(3)8-11(13)10-6-7-14-12(10)5-2/h6-7,9H,4-5,8H2,1-3H3. The van der Waals surface area contributed by atoms with E-state index in [1.807, 2.05) is 6.92 Å². The van der Waals surface area contributed by atoms with Crippen molar-refractivity contribution in [3.05, 3.63) is 23.7 Å².